The number of carbonyl (C=O) groups excluding carboxylic acids is 1. The summed E-state index contributed by atoms with van der Waals surface area (Å²) in [5.41, 5.74) is 0.191. The van der Waals surface area contributed by atoms with Gasteiger partial charge in [-0.25, -0.2) is 14.4 Å². The van der Waals surface area contributed by atoms with E-state index in [2.05, 4.69) is 25.3 Å². The first kappa shape index (κ1) is 22.2. The minimum Gasteiger partial charge on any atom is -0.364 e. The van der Waals surface area contributed by atoms with E-state index in [9.17, 15) is 22.4 Å². The molecule has 1 saturated carbocycles. The summed E-state index contributed by atoms with van der Waals surface area (Å²) in [6, 6.07) is 4.04. The minimum atomic E-state index is -4.56. The van der Waals surface area contributed by atoms with Gasteiger partial charge in [0.1, 0.15) is 23.0 Å². The molecule has 2 fully saturated rings. The highest BCUT2D eigenvalue weighted by Gasteiger charge is 2.48. The molecule has 176 valence electrons. The Morgan fingerprint density at radius 1 is 1.12 bits per heavy atom. The number of amides is 1. The second-order valence-electron chi connectivity index (χ2n) is 8.64. The molecule has 1 aliphatic carbocycles. The molecule has 1 saturated heterocycles. The van der Waals surface area contributed by atoms with E-state index in [4.69, 9.17) is 0 Å². The number of rotatable bonds is 4. The third-order valence-electron chi connectivity index (χ3n) is 6.26. The summed E-state index contributed by atoms with van der Waals surface area (Å²) < 4.78 is 52.7. The van der Waals surface area contributed by atoms with Crippen LogP contribution in [-0.2, 0) is 6.18 Å². The number of anilines is 1. The van der Waals surface area contributed by atoms with Crippen molar-refractivity contribution in [3.05, 3.63) is 65.8 Å². The normalized spacial score (nSPS) is 21.7. The van der Waals surface area contributed by atoms with Gasteiger partial charge in [0.05, 0.1) is 18.4 Å². The van der Waals surface area contributed by atoms with Gasteiger partial charge in [-0.1, -0.05) is 0 Å². The van der Waals surface area contributed by atoms with E-state index < -0.39 is 17.7 Å². The van der Waals surface area contributed by atoms with Crippen LogP contribution >= 0.6 is 0 Å². The van der Waals surface area contributed by atoms with Crippen molar-refractivity contribution in [2.75, 3.05) is 11.9 Å². The number of aromatic nitrogens is 4. The fourth-order valence-electron chi connectivity index (χ4n) is 4.79. The number of pyridine rings is 2. The molecule has 11 heteroatoms. The number of piperidine rings is 1. The molecule has 1 aliphatic heterocycles. The first-order valence-corrected chi connectivity index (χ1v) is 10.7. The molecule has 1 N–H and O–H groups in total. The Morgan fingerprint density at radius 2 is 1.94 bits per heavy atom. The number of hydrogen-bond acceptors (Lipinski definition) is 6. The molecule has 3 atom stereocenters. The van der Waals surface area contributed by atoms with Gasteiger partial charge in [-0.15, -0.1) is 0 Å². The minimum absolute atomic E-state index is 0.0566. The summed E-state index contributed by atoms with van der Waals surface area (Å²) in [6.45, 7) is 2.33. The molecule has 3 aromatic rings. The van der Waals surface area contributed by atoms with Gasteiger partial charge in [0.15, 0.2) is 5.69 Å². The molecule has 2 bridgehead atoms. The Balaban J connectivity index is 1.39. The summed E-state index contributed by atoms with van der Waals surface area (Å²) >= 11 is 0. The maximum Gasteiger partial charge on any atom is 0.434 e. The van der Waals surface area contributed by atoms with Gasteiger partial charge in [-0.05, 0) is 49.4 Å². The van der Waals surface area contributed by atoms with Gasteiger partial charge in [0.25, 0.3) is 5.91 Å². The molecule has 2 aliphatic rings. The first-order chi connectivity index (χ1) is 16.2. The Bertz CT molecular complexity index is 1230. The fraction of sp³-hybridized carbons (Fsp3) is 0.348. The van der Waals surface area contributed by atoms with Gasteiger partial charge in [0, 0.05) is 30.5 Å². The number of nitrogens with zero attached hydrogens (tertiary/aromatic N) is 5. The number of hydrogen-bond donors (Lipinski definition) is 1. The van der Waals surface area contributed by atoms with Crippen molar-refractivity contribution in [3.8, 4) is 11.3 Å². The smallest absolute Gasteiger partial charge is 0.364 e. The second kappa shape index (κ2) is 8.30. The number of carbonyl (C=O) groups is 1. The van der Waals surface area contributed by atoms with Crippen LogP contribution in [0.15, 0.2) is 43.0 Å². The van der Waals surface area contributed by atoms with E-state index in [0.717, 1.165) is 24.6 Å². The second-order valence-corrected chi connectivity index (χ2v) is 8.64. The standard InChI is InChI=1S/C23H20F4N6O/c1-12-5-14(20-15(24)3-2-4-28-20)21(31-8-12)22(34)33-11-13-6-16(17(33)7-13)32-19-10-29-18(9-30-19)23(25,26)27/h2-5,8-10,13,16-17H,6-7,11H2,1H3,(H,30,32). The van der Waals surface area contributed by atoms with Gasteiger partial charge in [-0.3, -0.25) is 14.8 Å². The maximum absolute atomic E-state index is 14.5. The summed E-state index contributed by atoms with van der Waals surface area (Å²) in [4.78, 5) is 30.9. The van der Waals surface area contributed by atoms with Gasteiger partial charge in [-0.2, -0.15) is 13.2 Å². The highest BCUT2D eigenvalue weighted by Crippen LogP contribution is 2.40. The number of fused-ring (bicyclic) bond motifs is 2. The summed E-state index contributed by atoms with van der Waals surface area (Å²) in [5.74, 6) is -0.443. The summed E-state index contributed by atoms with van der Waals surface area (Å²) in [5, 5.41) is 3.12. The summed E-state index contributed by atoms with van der Waals surface area (Å²) in [6.07, 6.45) is 1.67. The lowest BCUT2D eigenvalue weighted by atomic mass is 10.0. The van der Waals surface area contributed by atoms with Gasteiger partial charge < -0.3 is 10.2 Å². The Hall–Kier alpha value is -3.63. The van der Waals surface area contributed by atoms with Crippen molar-refractivity contribution in [1.82, 2.24) is 24.8 Å². The number of halogens is 4. The van der Waals surface area contributed by atoms with Crippen LogP contribution in [0.5, 0.6) is 0 Å². The molecular weight excluding hydrogens is 452 g/mol. The molecular formula is C23H20F4N6O. The number of likely N-dealkylation sites (tertiary alicyclic amines) is 1. The van der Waals surface area contributed by atoms with Crippen LogP contribution in [-0.4, -0.2) is 49.4 Å². The van der Waals surface area contributed by atoms with Crippen LogP contribution in [0.2, 0.25) is 0 Å². The molecule has 0 aromatic carbocycles. The molecule has 0 radical (unpaired) electrons. The van der Waals surface area contributed by atoms with Crippen molar-refractivity contribution in [2.24, 2.45) is 5.92 Å². The third-order valence-corrected chi connectivity index (χ3v) is 6.26. The highest BCUT2D eigenvalue weighted by molar-refractivity contribution is 5.99. The number of aryl methyl sites for hydroxylation is 1. The SMILES string of the molecule is Cc1cnc(C(=O)N2CC3CC(Nc4cnc(C(F)(F)F)cn4)C2C3)c(-c2ncccc2F)c1. The largest absolute Gasteiger partial charge is 0.434 e. The molecule has 4 heterocycles. The van der Waals surface area contributed by atoms with Crippen LogP contribution in [0.4, 0.5) is 23.4 Å². The monoisotopic (exact) mass is 472 g/mol. The average Bonchev–Trinajstić information content (AvgIpc) is 3.39. The number of nitrogens with one attached hydrogen (secondary N) is 1. The molecule has 1 amide bonds. The van der Waals surface area contributed by atoms with Crippen LogP contribution in [0.1, 0.15) is 34.6 Å². The predicted octanol–water partition coefficient (Wildman–Crippen LogP) is 4.12. The Morgan fingerprint density at radius 3 is 2.62 bits per heavy atom. The van der Waals surface area contributed by atoms with Crippen molar-refractivity contribution in [2.45, 2.75) is 38.0 Å². The Labute approximate surface area is 192 Å². The maximum atomic E-state index is 14.5. The van der Waals surface area contributed by atoms with E-state index >= 15 is 0 Å². The zero-order valence-electron chi connectivity index (χ0n) is 18.1. The molecule has 3 aromatic heterocycles. The molecule has 3 unspecified atom stereocenters. The van der Waals surface area contributed by atoms with Crippen LogP contribution in [0, 0.1) is 18.7 Å². The van der Waals surface area contributed by atoms with Crippen LogP contribution < -0.4 is 5.32 Å². The lowest BCUT2D eigenvalue weighted by Gasteiger charge is -2.34. The van der Waals surface area contributed by atoms with Crippen LogP contribution in [0.3, 0.4) is 0 Å². The van der Waals surface area contributed by atoms with E-state index in [1.807, 2.05) is 0 Å². The Kier molecular flexibility index (Phi) is 5.41. The zero-order chi connectivity index (χ0) is 24.0. The molecule has 5 rings (SSSR count). The quantitative estimate of drug-likeness (QED) is 0.576. The summed E-state index contributed by atoms with van der Waals surface area (Å²) in [7, 11) is 0. The first-order valence-electron chi connectivity index (χ1n) is 10.7. The lowest BCUT2D eigenvalue weighted by molar-refractivity contribution is -0.141. The lowest BCUT2D eigenvalue weighted by Crippen LogP contribution is -2.48. The van der Waals surface area contributed by atoms with Crippen molar-refractivity contribution in [1.29, 1.82) is 0 Å². The molecule has 0 spiro atoms. The predicted molar refractivity (Wildman–Crippen MR) is 114 cm³/mol. The zero-order valence-corrected chi connectivity index (χ0v) is 18.1. The van der Waals surface area contributed by atoms with E-state index in [1.54, 1.807) is 24.1 Å². The molecule has 34 heavy (non-hydrogen) atoms. The van der Waals surface area contributed by atoms with E-state index in [0.29, 0.717) is 18.3 Å². The van der Waals surface area contributed by atoms with Crippen molar-refractivity contribution in [3.63, 3.8) is 0 Å². The van der Waals surface area contributed by atoms with Crippen molar-refractivity contribution < 1.29 is 22.4 Å². The number of alkyl halides is 3. The topological polar surface area (TPSA) is 83.9 Å². The van der Waals surface area contributed by atoms with Gasteiger partial charge in [0.2, 0.25) is 0 Å². The third kappa shape index (κ3) is 4.06. The molecule has 7 nitrogen and oxygen atoms in total. The van der Waals surface area contributed by atoms with E-state index in [1.165, 1.54) is 18.3 Å². The fourth-order valence-corrected chi connectivity index (χ4v) is 4.79. The van der Waals surface area contributed by atoms with Crippen molar-refractivity contribution >= 4 is 11.7 Å². The average molecular weight is 472 g/mol. The van der Waals surface area contributed by atoms with E-state index in [-0.39, 0.29) is 41.1 Å². The highest BCUT2D eigenvalue weighted by atomic mass is 19.4. The van der Waals surface area contributed by atoms with Gasteiger partial charge >= 0.3 is 6.18 Å². The van der Waals surface area contributed by atoms with Crippen LogP contribution in [0.25, 0.3) is 11.3 Å².